The molecule has 14 heteroatoms. The molecule has 0 aliphatic carbocycles. The van der Waals surface area contributed by atoms with Crippen molar-refractivity contribution in [3.8, 4) is 0 Å². The first-order valence-corrected chi connectivity index (χ1v) is 6.82. The molecule has 154 valence electrons. The predicted molar refractivity (Wildman–Crippen MR) is 68.0 cm³/mol. The van der Waals surface area contributed by atoms with Crippen LogP contribution in [0.4, 0.5) is 39.5 Å². The largest absolute Gasteiger partial charge is 0.477 e. The summed E-state index contributed by atoms with van der Waals surface area (Å²) >= 11 is 0. The standard InChI is InChI=1S/C12H15F9N2O3/c1-23(2,6-7(24)25)5-3-4-22-8(26)9(13,14)10(15,16)11(17,18)12(19,20)21/h3-6H2,1-2H3,(H-,22,24,25,26)/p+1. The van der Waals surface area contributed by atoms with E-state index >= 15 is 0 Å². The van der Waals surface area contributed by atoms with Gasteiger partial charge in [-0.15, -0.1) is 0 Å². The van der Waals surface area contributed by atoms with Crippen LogP contribution in [0.2, 0.25) is 0 Å². The van der Waals surface area contributed by atoms with Gasteiger partial charge < -0.3 is 14.9 Å². The van der Waals surface area contributed by atoms with Crippen molar-refractivity contribution < 1.29 is 58.7 Å². The van der Waals surface area contributed by atoms with E-state index in [4.69, 9.17) is 5.11 Å². The van der Waals surface area contributed by atoms with Crippen molar-refractivity contribution in [3.05, 3.63) is 0 Å². The quantitative estimate of drug-likeness (QED) is 0.350. The number of alkyl halides is 9. The Hall–Kier alpha value is -1.73. The van der Waals surface area contributed by atoms with Gasteiger partial charge in [0.2, 0.25) is 0 Å². The summed E-state index contributed by atoms with van der Waals surface area (Å²) in [5.41, 5.74) is 0. The Bertz CT molecular complexity index is 533. The average Bonchev–Trinajstić information content (AvgIpc) is 2.40. The van der Waals surface area contributed by atoms with E-state index in [-0.39, 0.29) is 17.4 Å². The molecule has 0 aromatic rings. The maximum Gasteiger partial charge on any atom is 0.460 e. The molecule has 2 N–H and O–H groups in total. The fraction of sp³-hybridized carbons (Fsp3) is 0.833. The summed E-state index contributed by atoms with van der Waals surface area (Å²) in [6, 6.07) is 0. The Morgan fingerprint density at radius 2 is 1.38 bits per heavy atom. The minimum absolute atomic E-state index is 0.0484. The van der Waals surface area contributed by atoms with Gasteiger partial charge in [-0.3, -0.25) is 4.79 Å². The van der Waals surface area contributed by atoms with Gasteiger partial charge in [0, 0.05) is 13.0 Å². The van der Waals surface area contributed by atoms with E-state index in [9.17, 15) is 49.1 Å². The topological polar surface area (TPSA) is 66.4 Å². The molecule has 0 heterocycles. The van der Waals surface area contributed by atoms with Crippen LogP contribution in [-0.2, 0) is 9.59 Å². The van der Waals surface area contributed by atoms with Gasteiger partial charge in [0.1, 0.15) is 0 Å². The number of rotatable bonds is 9. The smallest absolute Gasteiger partial charge is 0.460 e. The van der Waals surface area contributed by atoms with E-state index in [2.05, 4.69) is 0 Å². The van der Waals surface area contributed by atoms with Crippen LogP contribution in [0.15, 0.2) is 0 Å². The lowest BCUT2D eigenvalue weighted by Gasteiger charge is -2.32. The highest BCUT2D eigenvalue weighted by Crippen LogP contribution is 2.53. The first-order chi connectivity index (χ1) is 11.3. The number of nitrogens with one attached hydrogen (secondary N) is 1. The van der Waals surface area contributed by atoms with Crippen molar-refractivity contribution in [2.24, 2.45) is 0 Å². The lowest BCUT2D eigenvalue weighted by atomic mass is 10.0. The minimum Gasteiger partial charge on any atom is -0.477 e. The number of quaternary nitrogens is 1. The van der Waals surface area contributed by atoms with Crippen LogP contribution in [0.1, 0.15) is 6.42 Å². The van der Waals surface area contributed by atoms with Crippen LogP contribution in [0.5, 0.6) is 0 Å². The zero-order valence-corrected chi connectivity index (χ0v) is 13.4. The highest BCUT2D eigenvalue weighted by molar-refractivity contribution is 5.84. The van der Waals surface area contributed by atoms with Gasteiger partial charge in [-0.2, -0.15) is 39.5 Å². The molecule has 0 aromatic carbocycles. The summed E-state index contributed by atoms with van der Waals surface area (Å²) in [4.78, 5) is 21.6. The molecule has 0 fully saturated rings. The third kappa shape index (κ3) is 5.14. The molecule has 0 rings (SSSR count). The molecule has 0 atom stereocenters. The summed E-state index contributed by atoms with van der Waals surface area (Å²) in [6.45, 7) is -1.23. The van der Waals surface area contributed by atoms with Gasteiger partial charge in [-0.05, 0) is 0 Å². The summed E-state index contributed by atoms with van der Waals surface area (Å²) < 4.78 is 113. The van der Waals surface area contributed by atoms with Crippen LogP contribution in [0.25, 0.3) is 0 Å². The molecular formula is C12H16F9N2O3+. The maximum absolute atomic E-state index is 13.2. The highest BCUT2D eigenvalue weighted by Gasteiger charge is 2.83. The maximum atomic E-state index is 13.2. The SMILES string of the molecule is C[N+](C)(CCCNC(=O)C(F)(F)C(F)(F)C(F)(F)C(F)(F)F)CC(=O)O. The van der Waals surface area contributed by atoms with Crippen LogP contribution < -0.4 is 5.32 Å². The zero-order chi connectivity index (χ0) is 21.2. The van der Waals surface area contributed by atoms with Crippen molar-refractivity contribution in [1.82, 2.24) is 5.32 Å². The molecule has 1 amide bonds. The van der Waals surface area contributed by atoms with Crippen molar-refractivity contribution in [3.63, 3.8) is 0 Å². The number of halogens is 9. The number of likely N-dealkylation sites (N-methyl/N-ethyl adjacent to an activating group) is 1. The molecular weight excluding hydrogens is 391 g/mol. The molecule has 0 aromatic heterocycles. The summed E-state index contributed by atoms with van der Waals surface area (Å²) in [6.07, 6.45) is -7.23. The Labute approximate surface area is 141 Å². The number of carbonyl (C=O) groups excluding carboxylic acids is 1. The molecule has 0 saturated heterocycles. The molecule has 0 aliphatic heterocycles. The van der Waals surface area contributed by atoms with Gasteiger partial charge in [0.05, 0.1) is 20.6 Å². The Morgan fingerprint density at radius 3 is 1.77 bits per heavy atom. The normalized spacial score (nSPS) is 14.3. The molecule has 0 radical (unpaired) electrons. The number of amides is 1. The summed E-state index contributed by atoms with van der Waals surface area (Å²) in [5.74, 6) is -24.7. The van der Waals surface area contributed by atoms with Gasteiger partial charge in [-0.25, -0.2) is 4.79 Å². The third-order valence-corrected chi connectivity index (χ3v) is 3.22. The molecule has 0 saturated carbocycles. The summed E-state index contributed by atoms with van der Waals surface area (Å²) in [5, 5.41) is 9.75. The second kappa shape index (κ2) is 7.48. The van der Waals surface area contributed by atoms with Gasteiger partial charge in [0.15, 0.2) is 6.54 Å². The molecule has 26 heavy (non-hydrogen) atoms. The summed E-state index contributed by atoms with van der Waals surface area (Å²) in [7, 11) is 2.81. The predicted octanol–water partition coefficient (Wildman–Crippen LogP) is 2.12. The van der Waals surface area contributed by atoms with Crippen molar-refractivity contribution >= 4 is 11.9 Å². The monoisotopic (exact) mass is 407 g/mol. The number of nitrogens with zero attached hydrogens (tertiary/aromatic N) is 1. The molecule has 0 unspecified atom stereocenters. The van der Waals surface area contributed by atoms with Gasteiger partial charge >= 0.3 is 29.9 Å². The Balaban J connectivity index is 4.96. The highest BCUT2D eigenvalue weighted by atomic mass is 19.4. The van der Waals surface area contributed by atoms with E-state index in [1.54, 1.807) is 0 Å². The average molecular weight is 407 g/mol. The lowest BCUT2D eigenvalue weighted by Crippen LogP contribution is -2.65. The first-order valence-electron chi connectivity index (χ1n) is 6.82. The fourth-order valence-electron chi connectivity index (χ4n) is 1.78. The first kappa shape index (κ1) is 24.3. The number of aliphatic carboxylic acids is 1. The number of carboxylic acids is 1. The van der Waals surface area contributed by atoms with Gasteiger partial charge in [-0.1, -0.05) is 0 Å². The minimum atomic E-state index is -7.14. The van der Waals surface area contributed by atoms with E-state index in [0.29, 0.717) is 0 Å². The number of hydrogen-bond acceptors (Lipinski definition) is 2. The second-order valence-corrected chi connectivity index (χ2v) is 6.04. The van der Waals surface area contributed by atoms with Crippen LogP contribution in [0, 0.1) is 0 Å². The number of carbonyl (C=O) groups is 2. The third-order valence-electron chi connectivity index (χ3n) is 3.22. The van der Waals surface area contributed by atoms with Crippen LogP contribution in [-0.4, -0.2) is 79.1 Å². The van der Waals surface area contributed by atoms with Crippen molar-refractivity contribution in [2.75, 3.05) is 33.7 Å². The van der Waals surface area contributed by atoms with Crippen LogP contribution >= 0.6 is 0 Å². The van der Waals surface area contributed by atoms with E-state index < -0.39 is 48.9 Å². The molecule has 5 nitrogen and oxygen atoms in total. The second-order valence-electron chi connectivity index (χ2n) is 6.04. The zero-order valence-electron chi connectivity index (χ0n) is 13.4. The van der Waals surface area contributed by atoms with E-state index in [0.717, 1.165) is 5.32 Å². The van der Waals surface area contributed by atoms with Crippen molar-refractivity contribution in [1.29, 1.82) is 0 Å². The Morgan fingerprint density at radius 1 is 0.923 bits per heavy atom. The van der Waals surface area contributed by atoms with E-state index in [1.165, 1.54) is 14.1 Å². The van der Waals surface area contributed by atoms with Crippen LogP contribution in [0.3, 0.4) is 0 Å². The molecule has 0 spiro atoms. The number of hydrogen-bond donors (Lipinski definition) is 2. The fourth-order valence-corrected chi connectivity index (χ4v) is 1.78. The molecule has 0 aliphatic rings. The molecule has 0 bridgehead atoms. The Kier molecular flexibility index (Phi) is 6.99. The van der Waals surface area contributed by atoms with Gasteiger partial charge in [0.25, 0.3) is 5.91 Å². The van der Waals surface area contributed by atoms with E-state index in [1.807, 2.05) is 0 Å². The number of carboxylic acid groups (broad SMARTS) is 1. The van der Waals surface area contributed by atoms with Crippen molar-refractivity contribution in [2.45, 2.75) is 30.4 Å². The lowest BCUT2D eigenvalue weighted by molar-refractivity contribution is -0.883.